The Morgan fingerprint density at radius 1 is 1.38 bits per heavy atom. The van der Waals surface area contributed by atoms with Crippen LogP contribution >= 0.6 is 0 Å². The van der Waals surface area contributed by atoms with E-state index in [-0.39, 0.29) is 0 Å². The first-order valence-corrected chi connectivity index (χ1v) is 8.05. The molecule has 0 bridgehead atoms. The van der Waals surface area contributed by atoms with Crippen LogP contribution in [-0.4, -0.2) is 30.5 Å². The molecule has 3 nitrogen and oxygen atoms in total. The van der Waals surface area contributed by atoms with Crippen molar-refractivity contribution < 1.29 is 14.6 Å². The lowest BCUT2D eigenvalue weighted by atomic mass is 9.74. The zero-order valence-corrected chi connectivity index (χ0v) is 13.5. The summed E-state index contributed by atoms with van der Waals surface area (Å²) >= 11 is 0. The number of aliphatic hydroxyl groups excluding tert-OH is 1. The average Bonchev–Trinajstić information content (AvgIpc) is 2.48. The third-order valence-corrected chi connectivity index (χ3v) is 4.64. The Labute approximate surface area is 128 Å². The first-order valence-electron chi connectivity index (χ1n) is 8.05. The Morgan fingerprint density at radius 3 is 2.81 bits per heavy atom. The minimum atomic E-state index is -0.489. The average molecular weight is 292 g/mol. The van der Waals surface area contributed by atoms with Gasteiger partial charge in [0.2, 0.25) is 0 Å². The Bertz CT molecular complexity index is 442. The van der Waals surface area contributed by atoms with Crippen molar-refractivity contribution in [2.45, 2.75) is 57.7 Å². The number of benzene rings is 1. The Hall–Kier alpha value is -1.06. The number of ether oxygens (including phenoxy) is 2. The maximum absolute atomic E-state index is 10.9. The molecule has 0 saturated heterocycles. The molecule has 0 heterocycles. The van der Waals surface area contributed by atoms with Gasteiger partial charge in [-0.1, -0.05) is 38.0 Å². The quantitative estimate of drug-likeness (QED) is 0.871. The van der Waals surface area contributed by atoms with Crippen LogP contribution in [0.3, 0.4) is 0 Å². The summed E-state index contributed by atoms with van der Waals surface area (Å²) in [5, 5.41) is 10.9. The molecule has 0 radical (unpaired) electrons. The van der Waals surface area contributed by atoms with Crippen molar-refractivity contribution >= 4 is 0 Å². The second kappa shape index (κ2) is 7.28. The van der Waals surface area contributed by atoms with E-state index in [1.54, 1.807) is 7.11 Å². The number of rotatable bonds is 6. The highest BCUT2D eigenvalue weighted by Crippen LogP contribution is 2.39. The molecule has 1 aliphatic rings. The Kier molecular flexibility index (Phi) is 5.65. The van der Waals surface area contributed by atoms with E-state index in [4.69, 9.17) is 9.47 Å². The summed E-state index contributed by atoms with van der Waals surface area (Å²) in [4.78, 5) is 0. The van der Waals surface area contributed by atoms with Crippen molar-refractivity contribution in [1.82, 2.24) is 0 Å². The van der Waals surface area contributed by atoms with Gasteiger partial charge in [0.25, 0.3) is 0 Å². The minimum Gasteiger partial charge on any atom is -0.496 e. The molecule has 0 aromatic heterocycles. The highest BCUT2D eigenvalue weighted by atomic mass is 16.5. The summed E-state index contributed by atoms with van der Waals surface area (Å²) < 4.78 is 11.5. The Balaban J connectivity index is 2.16. The topological polar surface area (TPSA) is 38.7 Å². The maximum atomic E-state index is 10.9. The molecule has 1 aliphatic carbocycles. The molecule has 3 unspecified atom stereocenters. The lowest BCUT2D eigenvalue weighted by Gasteiger charge is -2.43. The highest BCUT2D eigenvalue weighted by molar-refractivity contribution is 5.34. The van der Waals surface area contributed by atoms with Gasteiger partial charge in [0.15, 0.2) is 0 Å². The molecule has 1 saturated carbocycles. The van der Waals surface area contributed by atoms with Crippen molar-refractivity contribution in [3.05, 3.63) is 29.8 Å². The fraction of sp³-hybridized carbons (Fsp3) is 0.667. The van der Waals surface area contributed by atoms with E-state index < -0.39 is 11.7 Å². The van der Waals surface area contributed by atoms with E-state index >= 15 is 0 Å². The summed E-state index contributed by atoms with van der Waals surface area (Å²) in [7, 11) is 1.67. The summed E-state index contributed by atoms with van der Waals surface area (Å²) in [6, 6.07) is 7.91. The molecular weight excluding hydrogens is 264 g/mol. The number of hydrogen-bond acceptors (Lipinski definition) is 3. The van der Waals surface area contributed by atoms with Gasteiger partial charge in [-0.3, -0.25) is 0 Å². The van der Waals surface area contributed by atoms with Crippen molar-refractivity contribution in [2.75, 3.05) is 13.7 Å². The van der Waals surface area contributed by atoms with E-state index in [0.29, 0.717) is 18.9 Å². The minimum absolute atomic E-state index is 0.396. The number of para-hydroxylation sites is 1. The fourth-order valence-electron chi connectivity index (χ4n) is 3.63. The number of hydrogen-bond donors (Lipinski definition) is 1. The molecule has 2 rings (SSSR count). The smallest absolute Gasteiger partial charge is 0.122 e. The molecule has 1 aromatic carbocycles. The van der Waals surface area contributed by atoms with Gasteiger partial charge in [0.1, 0.15) is 5.75 Å². The van der Waals surface area contributed by atoms with Gasteiger partial charge in [-0.15, -0.1) is 0 Å². The number of aliphatic hydroxyl groups is 1. The molecule has 1 N–H and O–H groups in total. The van der Waals surface area contributed by atoms with Crippen LogP contribution in [0.2, 0.25) is 0 Å². The van der Waals surface area contributed by atoms with Gasteiger partial charge in [-0.05, 0) is 37.3 Å². The van der Waals surface area contributed by atoms with E-state index in [1.165, 1.54) is 6.42 Å². The predicted molar refractivity (Wildman–Crippen MR) is 84.7 cm³/mol. The van der Waals surface area contributed by atoms with E-state index in [1.807, 2.05) is 31.2 Å². The van der Waals surface area contributed by atoms with Gasteiger partial charge in [0, 0.05) is 13.0 Å². The summed E-state index contributed by atoms with van der Waals surface area (Å²) in [6.45, 7) is 4.91. The lowest BCUT2D eigenvalue weighted by Crippen LogP contribution is -2.49. The second-order valence-electron chi connectivity index (χ2n) is 6.23. The molecule has 21 heavy (non-hydrogen) atoms. The van der Waals surface area contributed by atoms with Crippen LogP contribution in [0.5, 0.6) is 5.75 Å². The van der Waals surface area contributed by atoms with Gasteiger partial charge in [-0.25, -0.2) is 0 Å². The molecule has 1 fully saturated rings. The van der Waals surface area contributed by atoms with Gasteiger partial charge in [-0.2, -0.15) is 0 Å². The van der Waals surface area contributed by atoms with Crippen LogP contribution in [0.25, 0.3) is 0 Å². The fourth-order valence-corrected chi connectivity index (χ4v) is 3.63. The predicted octanol–water partition coefficient (Wildman–Crippen LogP) is 3.58. The van der Waals surface area contributed by atoms with E-state index in [0.717, 1.165) is 30.6 Å². The molecule has 0 spiro atoms. The largest absolute Gasteiger partial charge is 0.496 e. The molecule has 0 aliphatic heterocycles. The molecule has 1 aromatic rings. The van der Waals surface area contributed by atoms with Crippen LogP contribution in [-0.2, 0) is 11.2 Å². The number of methoxy groups -OCH3 is 1. The van der Waals surface area contributed by atoms with Crippen LogP contribution in [0.15, 0.2) is 24.3 Å². The molecule has 0 amide bonds. The SMILES string of the molecule is CCOC1(C(O)Cc2ccccc2OC)CCCC(C)C1. The van der Waals surface area contributed by atoms with E-state index in [2.05, 4.69) is 6.92 Å². The van der Waals surface area contributed by atoms with Gasteiger partial charge in [0.05, 0.1) is 18.8 Å². The molecular formula is C18H28O3. The van der Waals surface area contributed by atoms with Crippen molar-refractivity contribution in [3.63, 3.8) is 0 Å². The highest BCUT2D eigenvalue weighted by Gasteiger charge is 2.42. The second-order valence-corrected chi connectivity index (χ2v) is 6.23. The summed E-state index contributed by atoms with van der Waals surface area (Å²) in [5.74, 6) is 1.45. The zero-order valence-electron chi connectivity index (χ0n) is 13.5. The summed E-state index contributed by atoms with van der Waals surface area (Å²) in [6.07, 6.45) is 4.34. The van der Waals surface area contributed by atoms with Crippen molar-refractivity contribution in [1.29, 1.82) is 0 Å². The van der Waals surface area contributed by atoms with Crippen LogP contribution < -0.4 is 4.74 Å². The molecule has 3 atom stereocenters. The van der Waals surface area contributed by atoms with E-state index in [9.17, 15) is 5.11 Å². The molecule has 118 valence electrons. The standard InChI is InChI=1S/C18H28O3/c1-4-21-18(11-7-8-14(2)13-18)17(19)12-15-9-5-6-10-16(15)20-3/h5-6,9-10,14,17,19H,4,7-8,11-13H2,1-3H3. The summed E-state index contributed by atoms with van der Waals surface area (Å²) in [5.41, 5.74) is 0.651. The first kappa shape index (κ1) is 16.3. The third kappa shape index (κ3) is 3.78. The van der Waals surface area contributed by atoms with Crippen LogP contribution in [0.1, 0.15) is 45.1 Å². The Morgan fingerprint density at radius 2 is 2.14 bits per heavy atom. The zero-order chi connectivity index (χ0) is 15.3. The third-order valence-electron chi connectivity index (χ3n) is 4.64. The normalized spacial score (nSPS) is 27.3. The maximum Gasteiger partial charge on any atom is 0.122 e. The first-order chi connectivity index (χ1) is 10.1. The monoisotopic (exact) mass is 292 g/mol. The van der Waals surface area contributed by atoms with Crippen LogP contribution in [0, 0.1) is 5.92 Å². The molecule has 3 heteroatoms. The van der Waals surface area contributed by atoms with Crippen molar-refractivity contribution in [3.8, 4) is 5.75 Å². The van der Waals surface area contributed by atoms with Crippen LogP contribution in [0.4, 0.5) is 0 Å². The van der Waals surface area contributed by atoms with Gasteiger partial charge < -0.3 is 14.6 Å². The van der Waals surface area contributed by atoms with Gasteiger partial charge >= 0.3 is 0 Å². The van der Waals surface area contributed by atoms with Crippen molar-refractivity contribution in [2.24, 2.45) is 5.92 Å². The lowest BCUT2D eigenvalue weighted by molar-refractivity contribution is -0.147.